The van der Waals surface area contributed by atoms with Crippen LogP contribution >= 0.6 is 12.4 Å². The van der Waals surface area contributed by atoms with E-state index in [4.69, 9.17) is 4.74 Å². The molecule has 1 aromatic carbocycles. The van der Waals surface area contributed by atoms with Gasteiger partial charge in [0.2, 0.25) is 0 Å². The summed E-state index contributed by atoms with van der Waals surface area (Å²) in [5.41, 5.74) is -0.00599. The van der Waals surface area contributed by atoms with Crippen molar-refractivity contribution in [1.29, 1.82) is 0 Å². The fraction of sp³-hybridized carbons (Fsp3) is 0.632. The average Bonchev–Trinajstić information content (AvgIpc) is 2.53. The Morgan fingerprint density at radius 1 is 1.28 bits per heavy atom. The van der Waals surface area contributed by atoms with E-state index in [1.807, 2.05) is 45.9 Å². The van der Waals surface area contributed by atoms with Crippen molar-refractivity contribution < 1.29 is 14.7 Å². The van der Waals surface area contributed by atoms with Gasteiger partial charge in [-0.25, -0.2) is 0 Å². The van der Waals surface area contributed by atoms with Gasteiger partial charge in [-0.2, -0.15) is 5.06 Å². The number of benzene rings is 1. The lowest BCUT2D eigenvalue weighted by atomic mass is 9.70. The number of methoxy groups -OCH3 is 1. The second kappa shape index (κ2) is 8.04. The van der Waals surface area contributed by atoms with E-state index in [1.54, 1.807) is 0 Å². The van der Waals surface area contributed by atoms with Crippen molar-refractivity contribution in [2.75, 3.05) is 7.11 Å². The highest BCUT2D eigenvalue weighted by Crippen LogP contribution is 2.42. The standard InChI is InChI=1S/C19H30N2O3.ClH/c1-13(14-10-8-7-9-11-14)20-15-12-18(2,3)21(23)19(4,5)16(15)17(22)24-6;/h7-11,13,15-16,20,23H,12H2,1-6H3;1H/t13-,15+,16-;/m1./s1. The number of halogens is 1. The van der Waals surface area contributed by atoms with E-state index in [2.05, 4.69) is 24.4 Å². The number of esters is 1. The molecule has 0 saturated carbocycles. The summed E-state index contributed by atoms with van der Waals surface area (Å²) in [6, 6.07) is 10.2. The van der Waals surface area contributed by atoms with E-state index < -0.39 is 17.0 Å². The van der Waals surface area contributed by atoms with Crippen LogP contribution in [0, 0.1) is 5.92 Å². The number of piperidine rings is 1. The molecule has 1 heterocycles. The number of hydrogen-bond donors (Lipinski definition) is 2. The Bertz CT molecular complexity index is 577. The van der Waals surface area contributed by atoms with Crippen LogP contribution in [-0.2, 0) is 9.53 Å². The maximum absolute atomic E-state index is 12.5. The Balaban J connectivity index is 0.00000312. The van der Waals surface area contributed by atoms with Crippen LogP contribution in [-0.4, -0.2) is 40.5 Å². The molecule has 6 heteroatoms. The van der Waals surface area contributed by atoms with Crippen LogP contribution in [0.1, 0.15) is 52.6 Å². The average molecular weight is 371 g/mol. The normalized spacial score (nSPS) is 26.4. The van der Waals surface area contributed by atoms with Crippen molar-refractivity contribution >= 4 is 18.4 Å². The quantitative estimate of drug-likeness (QED) is 0.793. The molecule has 142 valence electrons. The van der Waals surface area contributed by atoms with E-state index in [0.717, 1.165) is 0 Å². The first-order valence-corrected chi connectivity index (χ1v) is 8.49. The fourth-order valence-corrected chi connectivity index (χ4v) is 4.04. The molecule has 0 bridgehead atoms. The van der Waals surface area contributed by atoms with Crippen LogP contribution < -0.4 is 5.32 Å². The Morgan fingerprint density at radius 2 is 1.84 bits per heavy atom. The smallest absolute Gasteiger partial charge is 0.312 e. The highest BCUT2D eigenvalue weighted by molar-refractivity contribution is 5.85. The number of hydrogen-bond acceptors (Lipinski definition) is 5. The predicted octanol–water partition coefficient (Wildman–Crippen LogP) is 3.57. The monoisotopic (exact) mass is 370 g/mol. The third-order valence-electron chi connectivity index (χ3n) is 5.22. The molecule has 25 heavy (non-hydrogen) atoms. The molecule has 2 rings (SSSR count). The van der Waals surface area contributed by atoms with Gasteiger partial charge in [-0.05, 0) is 46.6 Å². The van der Waals surface area contributed by atoms with E-state index in [1.165, 1.54) is 17.7 Å². The first-order chi connectivity index (χ1) is 11.1. The minimum Gasteiger partial charge on any atom is -0.469 e. The lowest BCUT2D eigenvalue weighted by molar-refractivity contribution is -0.265. The van der Waals surface area contributed by atoms with Crippen LogP contribution in [0.3, 0.4) is 0 Å². The maximum atomic E-state index is 12.5. The first kappa shape index (κ1) is 21.9. The van der Waals surface area contributed by atoms with Crippen molar-refractivity contribution in [3.05, 3.63) is 35.9 Å². The summed E-state index contributed by atoms with van der Waals surface area (Å²) in [6.45, 7) is 9.85. The summed E-state index contributed by atoms with van der Waals surface area (Å²) in [5.74, 6) is -0.765. The molecule has 2 N–H and O–H groups in total. The van der Waals surface area contributed by atoms with Crippen LogP contribution in [0.2, 0.25) is 0 Å². The number of nitrogens with zero attached hydrogens (tertiary/aromatic N) is 1. The summed E-state index contributed by atoms with van der Waals surface area (Å²) in [6.07, 6.45) is 0.643. The summed E-state index contributed by atoms with van der Waals surface area (Å²) in [4.78, 5) is 12.5. The largest absolute Gasteiger partial charge is 0.469 e. The van der Waals surface area contributed by atoms with Crippen LogP contribution in [0.5, 0.6) is 0 Å². The van der Waals surface area contributed by atoms with Gasteiger partial charge >= 0.3 is 5.97 Å². The minimum atomic E-state index is -0.733. The van der Waals surface area contributed by atoms with Crippen LogP contribution in [0.15, 0.2) is 30.3 Å². The van der Waals surface area contributed by atoms with Gasteiger partial charge in [0.25, 0.3) is 0 Å². The van der Waals surface area contributed by atoms with Gasteiger partial charge in [0.15, 0.2) is 0 Å². The molecule has 1 aliphatic heterocycles. The number of ether oxygens (including phenoxy) is 1. The zero-order valence-electron chi connectivity index (χ0n) is 15.9. The molecule has 0 radical (unpaired) electrons. The molecule has 0 amide bonds. The molecule has 0 spiro atoms. The third kappa shape index (κ3) is 4.34. The SMILES string of the molecule is COC(=O)[C@H]1[C@@H](N[C@H](C)c2ccccc2)CC(C)(C)N(O)C1(C)C.Cl. The Labute approximate surface area is 157 Å². The van der Waals surface area contributed by atoms with E-state index in [0.29, 0.717) is 6.42 Å². The lowest BCUT2D eigenvalue weighted by Crippen LogP contribution is -2.69. The van der Waals surface area contributed by atoms with Gasteiger partial charge in [-0.1, -0.05) is 30.3 Å². The lowest BCUT2D eigenvalue weighted by Gasteiger charge is -2.55. The Morgan fingerprint density at radius 3 is 2.36 bits per heavy atom. The molecule has 5 nitrogen and oxygen atoms in total. The van der Waals surface area contributed by atoms with Gasteiger partial charge in [0.1, 0.15) is 0 Å². The molecule has 1 saturated heterocycles. The van der Waals surface area contributed by atoms with Gasteiger partial charge < -0.3 is 15.3 Å². The van der Waals surface area contributed by atoms with E-state index in [-0.39, 0.29) is 30.5 Å². The van der Waals surface area contributed by atoms with Crippen molar-refractivity contribution in [2.45, 2.75) is 64.2 Å². The zero-order chi connectivity index (χ0) is 18.1. The minimum absolute atomic E-state index is 0. The molecular formula is C19H31ClN2O3. The number of rotatable bonds is 4. The van der Waals surface area contributed by atoms with Crippen molar-refractivity contribution in [3.63, 3.8) is 0 Å². The first-order valence-electron chi connectivity index (χ1n) is 8.49. The summed E-state index contributed by atoms with van der Waals surface area (Å²) in [5, 5.41) is 15.6. The molecule has 1 fully saturated rings. The predicted molar refractivity (Wildman–Crippen MR) is 101 cm³/mol. The van der Waals surface area contributed by atoms with Gasteiger partial charge in [-0.3, -0.25) is 4.79 Å². The molecule has 0 aliphatic carbocycles. The second-order valence-electron chi connectivity index (χ2n) is 7.89. The van der Waals surface area contributed by atoms with E-state index >= 15 is 0 Å². The Kier molecular flexibility index (Phi) is 7.04. The molecule has 1 aromatic rings. The van der Waals surface area contributed by atoms with Crippen molar-refractivity contribution in [2.24, 2.45) is 5.92 Å². The Hall–Kier alpha value is -1.14. The van der Waals surface area contributed by atoms with Gasteiger partial charge in [0, 0.05) is 17.6 Å². The highest BCUT2D eigenvalue weighted by atomic mass is 35.5. The van der Waals surface area contributed by atoms with Gasteiger partial charge in [-0.15, -0.1) is 12.4 Å². The van der Waals surface area contributed by atoms with Crippen molar-refractivity contribution in [1.82, 2.24) is 10.4 Å². The fourth-order valence-electron chi connectivity index (χ4n) is 4.04. The van der Waals surface area contributed by atoms with E-state index in [9.17, 15) is 10.0 Å². The second-order valence-corrected chi connectivity index (χ2v) is 7.89. The van der Waals surface area contributed by atoms with Crippen molar-refractivity contribution in [3.8, 4) is 0 Å². The van der Waals surface area contributed by atoms with Crippen LogP contribution in [0.25, 0.3) is 0 Å². The molecule has 0 aromatic heterocycles. The number of carbonyl (C=O) groups excluding carboxylic acids is 1. The molecule has 3 atom stereocenters. The number of hydroxylamine groups is 2. The number of nitrogens with one attached hydrogen (secondary N) is 1. The molecular weight excluding hydrogens is 340 g/mol. The topological polar surface area (TPSA) is 61.8 Å². The zero-order valence-corrected chi connectivity index (χ0v) is 16.8. The maximum Gasteiger partial charge on any atom is 0.312 e. The third-order valence-corrected chi connectivity index (χ3v) is 5.22. The van der Waals surface area contributed by atoms with Gasteiger partial charge in [0.05, 0.1) is 18.6 Å². The molecule has 0 unspecified atom stereocenters. The highest BCUT2D eigenvalue weighted by Gasteiger charge is 2.55. The summed E-state index contributed by atoms with van der Waals surface area (Å²) in [7, 11) is 1.40. The molecule has 1 aliphatic rings. The number of carbonyl (C=O) groups is 1. The summed E-state index contributed by atoms with van der Waals surface area (Å²) < 4.78 is 5.04. The summed E-state index contributed by atoms with van der Waals surface area (Å²) >= 11 is 0. The van der Waals surface area contributed by atoms with Crippen LogP contribution in [0.4, 0.5) is 0 Å².